The number of rotatable bonds is 9. The lowest BCUT2D eigenvalue weighted by Gasteiger charge is -2.38. The molecule has 0 N–H and O–H groups in total. The summed E-state index contributed by atoms with van der Waals surface area (Å²) < 4.78 is 42.0. The van der Waals surface area contributed by atoms with Gasteiger partial charge in [-0.25, -0.2) is 0 Å². The van der Waals surface area contributed by atoms with Crippen LogP contribution in [0.2, 0.25) is 0 Å². The van der Waals surface area contributed by atoms with Crippen LogP contribution >= 0.6 is 0 Å². The quantitative estimate of drug-likeness (QED) is 0.313. The molecule has 4 rings (SSSR count). The molecule has 186 valence electrons. The van der Waals surface area contributed by atoms with Crippen LogP contribution in [-0.2, 0) is 23.8 Å². The Morgan fingerprint density at radius 2 is 1.24 bits per heavy atom. The average molecular weight is 479 g/mol. The molecule has 0 spiro atoms. The molecule has 0 aromatic heterocycles. The van der Waals surface area contributed by atoms with Gasteiger partial charge in [0.15, 0.2) is 0 Å². The Morgan fingerprint density at radius 1 is 0.697 bits per heavy atom. The molecule has 3 saturated carbocycles. The highest BCUT2D eigenvalue weighted by Crippen LogP contribution is 2.39. The standard InChI is InChI=1S/C27H42O5S/c1-21-7-17-27(18-8-21)33(28,29)31-20-19-30-24-13-15-26(16-14-24)32-25-11-9-23(10-12-25)22-5-3-2-4-6-22/h7-8,17-18,22-26H,2-6,9-16,19-20H2,1H3. The highest BCUT2D eigenvalue weighted by Gasteiger charge is 2.31. The molecule has 0 unspecified atom stereocenters. The maximum absolute atomic E-state index is 12.2. The molecule has 0 heterocycles. The number of aryl methyl sites for hydroxylation is 1. The smallest absolute Gasteiger partial charge is 0.297 e. The topological polar surface area (TPSA) is 61.8 Å². The van der Waals surface area contributed by atoms with Crippen molar-refractivity contribution < 1.29 is 22.1 Å². The van der Waals surface area contributed by atoms with E-state index in [-0.39, 0.29) is 17.6 Å². The van der Waals surface area contributed by atoms with Crippen molar-refractivity contribution in [1.82, 2.24) is 0 Å². The van der Waals surface area contributed by atoms with E-state index in [2.05, 4.69) is 0 Å². The van der Waals surface area contributed by atoms with Crippen LogP contribution < -0.4 is 0 Å². The molecule has 0 radical (unpaired) electrons. The second-order valence-electron chi connectivity index (χ2n) is 10.4. The summed E-state index contributed by atoms with van der Waals surface area (Å²) in [6, 6.07) is 6.70. The van der Waals surface area contributed by atoms with Crippen LogP contribution in [0.5, 0.6) is 0 Å². The first-order valence-electron chi connectivity index (χ1n) is 13.2. The van der Waals surface area contributed by atoms with Crippen LogP contribution in [0.25, 0.3) is 0 Å². The van der Waals surface area contributed by atoms with Crippen LogP contribution in [0.1, 0.15) is 89.0 Å². The van der Waals surface area contributed by atoms with Gasteiger partial charge in [0.05, 0.1) is 36.4 Å². The monoisotopic (exact) mass is 478 g/mol. The van der Waals surface area contributed by atoms with Gasteiger partial charge in [-0.1, -0.05) is 49.8 Å². The van der Waals surface area contributed by atoms with Crippen molar-refractivity contribution in [3.63, 3.8) is 0 Å². The lowest BCUT2D eigenvalue weighted by atomic mass is 9.73. The summed E-state index contributed by atoms with van der Waals surface area (Å²) >= 11 is 0. The fourth-order valence-corrected chi connectivity index (χ4v) is 6.93. The fraction of sp³-hybridized carbons (Fsp3) is 0.778. The van der Waals surface area contributed by atoms with Gasteiger partial charge < -0.3 is 9.47 Å². The average Bonchev–Trinajstić information content (AvgIpc) is 2.84. The van der Waals surface area contributed by atoms with E-state index in [4.69, 9.17) is 13.7 Å². The molecule has 3 aliphatic rings. The Kier molecular flexibility index (Phi) is 9.26. The zero-order valence-corrected chi connectivity index (χ0v) is 21.1. The van der Waals surface area contributed by atoms with E-state index in [9.17, 15) is 8.42 Å². The number of ether oxygens (including phenoxy) is 2. The Labute approximate surface area is 200 Å². The maximum Gasteiger partial charge on any atom is 0.297 e. The van der Waals surface area contributed by atoms with Crippen LogP contribution in [0.3, 0.4) is 0 Å². The van der Waals surface area contributed by atoms with Gasteiger partial charge >= 0.3 is 0 Å². The normalized spacial score (nSPS) is 29.7. The number of benzene rings is 1. The SMILES string of the molecule is Cc1ccc(S(=O)(=O)OCCOC2CCC(OC3CCC(C4CCCCC4)CC3)CC2)cc1. The van der Waals surface area contributed by atoms with E-state index in [0.717, 1.165) is 43.1 Å². The van der Waals surface area contributed by atoms with Gasteiger partial charge in [0.1, 0.15) is 0 Å². The molecule has 1 aromatic carbocycles. The van der Waals surface area contributed by atoms with E-state index >= 15 is 0 Å². The van der Waals surface area contributed by atoms with Crippen LogP contribution in [0, 0.1) is 18.8 Å². The van der Waals surface area contributed by atoms with Crippen LogP contribution in [-0.4, -0.2) is 39.9 Å². The van der Waals surface area contributed by atoms with E-state index in [0.29, 0.717) is 18.8 Å². The molecule has 0 bridgehead atoms. The first-order chi connectivity index (χ1) is 16.0. The first kappa shape index (κ1) is 25.2. The minimum absolute atomic E-state index is 0.0525. The Balaban J connectivity index is 1.08. The maximum atomic E-state index is 12.2. The molecule has 0 saturated heterocycles. The molecular weight excluding hydrogens is 436 g/mol. The summed E-state index contributed by atoms with van der Waals surface area (Å²) in [5, 5.41) is 0. The largest absolute Gasteiger partial charge is 0.376 e. The summed E-state index contributed by atoms with van der Waals surface area (Å²) in [4.78, 5) is 0.193. The molecule has 1 aromatic rings. The van der Waals surface area contributed by atoms with Gasteiger partial charge in [-0.3, -0.25) is 4.18 Å². The highest BCUT2D eigenvalue weighted by atomic mass is 32.2. The van der Waals surface area contributed by atoms with Gasteiger partial charge in [0.2, 0.25) is 0 Å². The minimum atomic E-state index is -3.72. The van der Waals surface area contributed by atoms with Crippen molar-refractivity contribution in [2.45, 2.75) is 114 Å². The predicted molar refractivity (Wildman–Crippen MR) is 130 cm³/mol. The van der Waals surface area contributed by atoms with Crippen molar-refractivity contribution in [2.24, 2.45) is 11.8 Å². The van der Waals surface area contributed by atoms with Crippen molar-refractivity contribution in [3.05, 3.63) is 29.8 Å². The molecule has 0 amide bonds. The number of hydrogen-bond acceptors (Lipinski definition) is 5. The third-order valence-corrected chi connectivity index (χ3v) is 9.35. The van der Waals surface area contributed by atoms with Crippen molar-refractivity contribution in [2.75, 3.05) is 13.2 Å². The highest BCUT2D eigenvalue weighted by molar-refractivity contribution is 7.86. The van der Waals surface area contributed by atoms with Gasteiger partial charge in [-0.2, -0.15) is 8.42 Å². The second kappa shape index (κ2) is 12.1. The van der Waals surface area contributed by atoms with Gasteiger partial charge in [-0.15, -0.1) is 0 Å². The third kappa shape index (κ3) is 7.51. The Bertz CT molecular complexity index is 799. The molecular formula is C27H42O5S. The van der Waals surface area contributed by atoms with Crippen molar-refractivity contribution >= 4 is 10.1 Å². The molecule has 3 aliphatic carbocycles. The molecule has 0 atom stereocenters. The van der Waals surface area contributed by atoms with Crippen LogP contribution in [0.15, 0.2) is 29.2 Å². The van der Waals surface area contributed by atoms with Gasteiger partial charge in [0, 0.05) is 0 Å². The van der Waals surface area contributed by atoms with Crippen LogP contribution in [0.4, 0.5) is 0 Å². The fourth-order valence-electron chi connectivity index (χ4n) is 6.04. The summed E-state index contributed by atoms with van der Waals surface area (Å²) in [5.74, 6) is 1.94. The Morgan fingerprint density at radius 3 is 1.88 bits per heavy atom. The molecule has 5 nitrogen and oxygen atoms in total. The zero-order valence-electron chi connectivity index (χ0n) is 20.3. The van der Waals surface area contributed by atoms with E-state index in [1.54, 1.807) is 24.3 Å². The number of hydrogen-bond donors (Lipinski definition) is 0. The summed E-state index contributed by atoms with van der Waals surface area (Å²) in [6.45, 7) is 2.27. The predicted octanol–water partition coefficient (Wildman–Crippen LogP) is 6.18. The Hall–Kier alpha value is -0.950. The van der Waals surface area contributed by atoms with Gasteiger partial charge in [0.25, 0.3) is 10.1 Å². The second-order valence-corrected chi connectivity index (χ2v) is 12.0. The van der Waals surface area contributed by atoms with Gasteiger partial charge in [-0.05, 0) is 82.3 Å². The lowest BCUT2D eigenvalue weighted by Crippen LogP contribution is -2.33. The molecule has 6 heteroatoms. The van der Waals surface area contributed by atoms with Crippen molar-refractivity contribution in [3.8, 4) is 0 Å². The summed E-state index contributed by atoms with van der Waals surface area (Å²) in [7, 11) is -3.72. The minimum Gasteiger partial charge on any atom is -0.376 e. The molecule has 33 heavy (non-hydrogen) atoms. The van der Waals surface area contributed by atoms with E-state index in [1.807, 2.05) is 6.92 Å². The summed E-state index contributed by atoms with van der Waals surface area (Å²) in [6.07, 6.45) is 17.5. The van der Waals surface area contributed by atoms with Crippen molar-refractivity contribution in [1.29, 1.82) is 0 Å². The summed E-state index contributed by atoms with van der Waals surface area (Å²) in [5.41, 5.74) is 1.02. The van der Waals surface area contributed by atoms with E-state index < -0.39 is 10.1 Å². The zero-order chi connectivity index (χ0) is 23.1. The first-order valence-corrected chi connectivity index (χ1v) is 14.6. The van der Waals surface area contributed by atoms with E-state index in [1.165, 1.54) is 57.8 Å². The molecule has 0 aliphatic heterocycles. The molecule has 3 fully saturated rings. The third-order valence-electron chi connectivity index (χ3n) is 8.03. The lowest BCUT2D eigenvalue weighted by molar-refractivity contribution is -0.0794.